The van der Waals surface area contributed by atoms with Crippen molar-refractivity contribution < 1.29 is 18.3 Å². The van der Waals surface area contributed by atoms with E-state index in [1.807, 2.05) is 0 Å². The Morgan fingerprint density at radius 2 is 2.16 bits per heavy atom. The van der Waals surface area contributed by atoms with E-state index in [-0.39, 0.29) is 35.8 Å². The molecule has 1 aromatic carbocycles. The summed E-state index contributed by atoms with van der Waals surface area (Å²) in [5.74, 6) is -0.780. The zero-order chi connectivity index (χ0) is 22.0. The largest absolute Gasteiger partial charge is 0.486 e. The quantitative estimate of drug-likeness (QED) is 0.650. The van der Waals surface area contributed by atoms with E-state index in [9.17, 15) is 13.6 Å². The summed E-state index contributed by atoms with van der Waals surface area (Å²) in [6.07, 6.45) is 3.43. The summed E-state index contributed by atoms with van der Waals surface area (Å²) in [6.45, 7) is 0.599. The van der Waals surface area contributed by atoms with Gasteiger partial charge < -0.3 is 15.0 Å². The lowest BCUT2D eigenvalue weighted by Gasteiger charge is -2.33. The number of carbonyl (C=O) groups excluding carboxylic acids is 1. The van der Waals surface area contributed by atoms with Gasteiger partial charge in [0.15, 0.2) is 11.8 Å². The van der Waals surface area contributed by atoms with Crippen molar-refractivity contribution in [3.05, 3.63) is 58.3 Å². The van der Waals surface area contributed by atoms with Crippen LogP contribution in [0.15, 0.2) is 30.6 Å². The second-order valence-electron chi connectivity index (χ2n) is 8.65. The molecule has 2 bridgehead atoms. The maximum atomic E-state index is 14.9. The molecular formula is C22H20ClF2N5O2. The van der Waals surface area contributed by atoms with Gasteiger partial charge in [0, 0.05) is 36.3 Å². The van der Waals surface area contributed by atoms with Crippen LogP contribution in [0.25, 0.3) is 5.65 Å². The fourth-order valence-electron chi connectivity index (χ4n) is 5.04. The van der Waals surface area contributed by atoms with Gasteiger partial charge in [0.05, 0.1) is 35.6 Å². The van der Waals surface area contributed by atoms with Gasteiger partial charge in [-0.15, -0.1) is 0 Å². The molecule has 3 aromatic rings. The number of piperidine rings is 1. The molecule has 3 aliphatic heterocycles. The van der Waals surface area contributed by atoms with Gasteiger partial charge in [-0.1, -0.05) is 11.6 Å². The minimum atomic E-state index is -1.21. The van der Waals surface area contributed by atoms with Crippen LogP contribution in [-0.2, 0) is 13.1 Å². The summed E-state index contributed by atoms with van der Waals surface area (Å²) in [5.41, 5.74) is 2.43. The van der Waals surface area contributed by atoms with Gasteiger partial charge in [-0.2, -0.15) is 5.10 Å². The second kappa shape index (κ2) is 7.38. The first-order chi connectivity index (χ1) is 15.5. The van der Waals surface area contributed by atoms with Crippen molar-refractivity contribution in [2.24, 2.45) is 0 Å². The number of ether oxygens (including phenoxy) is 1. The van der Waals surface area contributed by atoms with Crippen molar-refractivity contribution in [3.63, 3.8) is 0 Å². The van der Waals surface area contributed by atoms with Crippen molar-refractivity contribution in [2.75, 3.05) is 0 Å². The van der Waals surface area contributed by atoms with E-state index in [1.165, 1.54) is 24.4 Å². The Morgan fingerprint density at radius 3 is 3.03 bits per heavy atom. The van der Waals surface area contributed by atoms with Crippen LogP contribution in [0.3, 0.4) is 0 Å². The van der Waals surface area contributed by atoms with Crippen LogP contribution in [0, 0.1) is 5.82 Å². The highest BCUT2D eigenvalue weighted by molar-refractivity contribution is 6.30. The number of hydrogen-bond donors (Lipinski definition) is 1. The highest BCUT2D eigenvalue weighted by atomic mass is 35.5. The molecule has 4 atom stereocenters. The molecular weight excluding hydrogens is 440 g/mol. The Balaban J connectivity index is 1.26. The van der Waals surface area contributed by atoms with E-state index in [4.69, 9.17) is 16.3 Å². The van der Waals surface area contributed by atoms with Gasteiger partial charge in [0.25, 0.3) is 5.91 Å². The predicted octanol–water partition coefficient (Wildman–Crippen LogP) is 3.29. The van der Waals surface area contributed by atoms with Crippen LogP contribution in [0.4, 0.5) is 8.78 Å². The van der Waals surface area contributed by atoms with Crippen LogP contribution in [0.5, 0.6) is 5.75 Å². The van der Waals surface area contributed by atoms with Crippen LogP contribution < -0.4 is 10.1 Å². The average Bonchev–Trinajstić information content (AvgIpc) is 3.44. The van der Waals surface area contributed by atoms with Crippen LogP contribution in [0.1, 0.15) is 40.9 Å². The first-order valence-electron chi connectivity index (χ1n) is 10.6. The van der Waals surface area contributed by atoms with E-state index < -0.39 is 18.1 Å². The monoisotopic (exact) mass is 459 g/mol. The zero-order valence-corrected chi connectivity index (χ0v) is 17.7. The van der Waals surface area contributed by atoms with E-state index >= 15 is 0 Å². The van der Waals surface area contributed by atoms with Crippen molar-refractivity contribution in [3.8, 4) is 5.75 Å². The first-order valence-corrected chi connectivity index (χ1v) is 11.0. The summed E-state index contributed by atoms with van der Waals surface area (Å²) in [4.78, 5) is 19.3. The van der Waals surface area contributed by atoms with Gasteiger partial charge in [0.1, 0.15) is 17.7 Å². The predicted molar refractivity (Wildman–Crippen MR) is 112 cm³/mol. The molecule has 0 unspecified atom stereocenters. The summed E-state index contributed by atoms with van der Waals surface area (Å²) in [7, 11) is 0. The van der Waals surface area contributed by atoms with Gasteiger partial charge in [-0.3, -0.25) is 4.79 Å². The number of rotatable bonds is 3. The number of benzene rings is 1. The van der Waals surface area contributed by atoms with Crippen molar-refractivity contribution in [2.45, 2.75) is 56.7 Å². The smallest absolute Gasteiger partial charge is 0.258 e. The van der Waals surface area contributed by atoms with Crippen LogP contribution in [0.2, 0.25) is 5.02 Å². The standard InChI is InChI=1S/C22H20ClF2N5O2/c23-11-7-26-21-15-9-29(10-17(15)28-30(21)8-11)22(31)14-3-1-12(24)5-18(14)32-19-6-13-2-4-16(27-13)20(19)25/h1,3,5,7-8,13,16,19-20,27H,2,4,6,9-10H2/t13-,16+,19+,20-/m0/s1. The molecule has 0 spiro atoms. The molecule has 2 saturated heterocycles. The van der Waals surface area contributed by atoms with E-state index in [1.54, 1.807) is 15.6 Å². The Morgan fingerprint density at radius 1 is 1.28 bits per heavy atom. The Kier molecular flexibility index (Phi) is 4.58. The first kappa shape index (κ1) is 19.9. The molecule has 166 valence electrons. The van der Waals surface area contributed by atoms with Crippen LogP contribution in [-0.4, -0.2) is 49.8 Å². The summed E-state index contributed by atoms with van der Waals surface area (Å²) >= 11 is 5.98. The topological polar surface area (TPSA) is 71.8 Å². The minimum absolute atomic E-state index is 0.0765. The number of aromatic nitrogens is 3. The highest BCUT2D eigenvalue weighted by Gasteiger charge is 2.43. The highest BCUT2D eigenvalue weighted by Crippen LogP contribution is 2.34. The number of fused-ring (bicyclic) bond motifs is 5. The van der Waals surface area contributed by atoms with Crippen molar-refractivity contribution in [1.29, 1.82) is 0 Å². The molecule has 2 fully saturated rings. The number of hydrogen-bond acceptors (Lipinski definition) is 5. The lowest BCUT2D eigenvalue weighted by atomic mass is 10.00. The third kappa shape index (κ3) is 3.22. The molecule has 0 radical (unpaired) electrons. The molecule has 2 aromatic heterocycles. The zero-order valence-electron chi connectivity index (χ0n) is 17.0. The van der Waals surface area contributed by atoms with E-state index in [0.717, 1.165) is 24.1 Å². The van der Waals surface area contributed by atoms with Gasteiger partial charge in [-0.25, -0.2) is 18.3 Å². The Labute approximate surface area is 187 Å². The molecule has 5 heterocycles. The lowest BCUT2D eigenvalue weighted by Crippen LogP contribution is -2.51. The second-order valence-corrected chi connectivity index (χ2v) is 9.09. The summed E-state index contributed by atoms with van der Waals surface area (Å²) in [5, 5.41) is 8.19. The summed E-state index contributed by atoms with van der Waals surface area (Å²) < 4.78 is 36.4. The lowest BCUT2D eigenvalue weighted by molar-refractivity contribution is 0.0439. The van der Waals surface area contributed by atoms with Gasteiger partial charge >= 0.3 is 0 Å². The Hall–Kier alpha value is -2.78. The third-order valence-corrected chi connectivity index (χ3v) is 6.78. The fraction of sp³-hybridized carbons (Fsp3) is 0.409. The fourth-order valence-corrected chi connectivity index (χ4v) is 5.18. The molecule has 1 amide bonds. The SMILES string of the molecule is O=C(c1ccc(F)cc1O[C@@H]1C[C@@H]2CC[C@@H](N2)[C@@H]1F)N1Cc2nn3cc(Cl)cnc3c2C1. The Bertz CT molecular complexity index is 1230. The molecule has 32 heavy (non-hydrogen) atoms. The molecule has 0 aliphatic carbocycles. The maximum Gasteiger partial charge on any atom is 0.258 e. The van der Waals surface area contributed by atoms with E-state index in [2.05, 4.69) is 15.4 Å². The molecule has 7 nitrogen and oxygen atoms in total. The molecule has 0 saturated carbocycles. The number of carbonyl (C=O) groups is 1. The molecule has 6 rings (SSSR count). The van der Waals surface area contributed by atoms with E-state index in [0.29, 0.717) is 23.6 Å². The van der Waals surface area contributed by atoms with Crippen LogP contribution >= 0.6 is 11.6 Å². The summed E-state index contributed by atoms with van der Waals surface area (Å²) in [6, 6.07) is 3.72. The number of nitrogens with zero attached hydrogens (tertiary/aromatic N) is 4. The number of amides is 1. The number of nitrogens with one attached hydrogen (secondary N) is 1. The number of alkyl halides is 1. The third-order valence-electron chi connectivity index (χ3n) is 6.58. The maximum absolute atomic E-state index is 14.9. The number of halogens is 3. The molecule has 10 heteroatoms. The minimum Gasteiger partial charge on any atom is -0.486 e. The van der Waals surface area contributed by atoms with Crippen molar-refractivity contribution >= 4 is 23.2 Å². The average molecular weight is 460 g/mol. The van der Waals surface area contributed by atoms with Crippen molar-refractivity contribution in [1.82, 2.24) is 24.8 Å². The normalized spacial score (nSPS) is 26.5. The van der Waals surface area contributed by atoms with Gasteiger partial charge in [0.2, 0.25) is 0 Å². The van der Waals surface area contributed by atoms with Gasteiger partial charge in [-0.05, 0) is 25.0 Å². The molecule has 3 aliphatic rings. The molecule has 1 N–H and O–H groups in total.